The molecule has 5 saturated heterocycles. The highest BCUT2D eigenvalue weighted by Gasteiger charge is 2.57. The van der Waals surface area contributed by atoms with Crippen molar-refractivity contribution in [3.8, 4) is 0 Å². The summed E-state index contributed by atoms with van der Waals surface area (Å²) in [6.07, 6.45) is -39.1. The molecular weight excluding hydrogens is 874 g/mol. The molecule has 5 fully saturated rings. The third kappa shape index (κ3) is 11.6. The summed E-state index contributed by atoms with van der Waals surface area (Å²) in [5.74, 6) is -2.17. The summed E-state index contributed by atoms with van der Waals surface area (Å²) in [4.78, 5) is 36.2. The molecule has 370 valence electrons. The van der Waals surface area contributed by atoms with Crippen molar-refractivity contribution < 1.29 is 123 Å². The number of aliphatic hydroxyl groups is 13. The summed E-state index contributed by atoms with van der Waals surface area (Å²) in [6.45, 7) is 1.01. The molecule has 0 radical (unpaired) electrons. The number of ether oxygens (including phenoxy) is 9. The van der Waals surface area contributed by atoms with Crippen LogP contribution in [0.15, 0.2) is 0 Å². The number of carbonyl (C=O) groups is 3. The van der Waals surface area contributed by atoms with Gasteiger partial charge in [0.25, 0.3) is 0 Å². The molecule has 0 saturated carbocycles. The van der Waals surface area contributed by atoms with Crippen molar-refractivity contribution in [2.75, 3.05) is 26.4 Å². The van der Waals surface area contributed by atoms with Crippen LogP contribution in [0, 0.1) is 0 Å². The zero-order valence-electron chi connectivity index (χ0n) is 35.0. The van der Waals surface area contributed by atoms with Gasteiger partial charge in [0, 0.05) is 20.8 Å². The molecule has 0 aromatic carbocycles. The molecule has 3 amide bonds. The largest absolute Gasteiger partial charge is 0.394 e. The van der Waals surface area contributed by atoms with Crippen molar-refractivity contribution in [2.45, 2.75) is 181 Å². The Kier molecular flexibility index (Phi) is 18.5. The second-order valence-corrected chi connectivity index (χ2v) is 16.2. The number of rotatable bonds is 15. The minimum absolute atomic E-state index is 0.649. The fourth-order valence-electron chi connectivity index (χ4n) is 8.06. The smallest absolute Gasteiger partial charge is 0.217 e. The van der Waals surface area contributed by atoms with E-state index in [4.69, 9.17) is 42.6 Å². The second kappa shape index (κ2) is 22.6. The highest BCUT2D eigenvalue weighted by atomic mass is 16.8. The standard InChI is InChI=1S/C36H61N3O25/c1-9-20(46)27(53)28(54)35(57-9)64-31-30(63-34-18(38-11(3)44)25(51)21(47)13(5-40)59-34)23(49)14(6-41)60-36(31)62-29-15(7-42)61-33(19(26(29)52)39-12(4)45)56-8-16-22(48)24(50)17(32(55)58-16)37-10(2)43/h9,13-36,40-42,46-55H,5-8H2,1-4H3,(H,37,43)(H,38,44)(H,39,45)/t9-,13+,14+,15+,16+,17+,18+,19+,20+,21-,22-,23-,24+,25+,26+,27+,28-,29+,30-,31+,32-,33+,34+,35-,36-/m0/s1. The van der Waals surface area contributed by atoms with Crippen LogP contribution in [0.4, 0.5) is 0 Å². The summed E-state index contributed by atoms with van der Waals surface area (Å²) in [6, 6.07) is -4.65. The van der Waals surface area contributed by atoms with Crippen LogP contribution in [0.3, 0.4) is 0 Å². The quantitative estimate of drug-likeness (QED) is 0.0725. The van der Waals surface area contributed by atoms with Crippen LogP contribution < -0.4 is 16.0 Å². The van der Waals surface area contributed by atoms with Crippen LogP contribution in [-0.4, -0.2) is 264 Å². The SMILES string of the molecule is CC(=O)N[C@@H]1[C@@H](O)[C@@H](O)[C@@H](CO[C@@H]2O[C@H](CO)[C@@H](O[C@@H]3O[C@H](CO)[C@H](O)[C@H](O[C@H]4O[C@H](CO)[C@H](O)[C@H](O)[C@H]4NC(C)=O)[C@H]3O[C@@H]3O[C@@H](C)[C@@H](O)[C@@H](O)[C@@H]3O)[C@H](O)[C@H]2NC(C)=O)O[C@@H]1O. The molecule has 0 bridgehead atoms. The van der Waals surface area contributed by atoms with Gasteiger partial charge in [-0.3, -0.25) is 14.4 Å². The van der Waals surface area contributed by atoms with Crippen molar-refractivity contribution in [1.29, 1.82) is 0 Å². The van der Waals surface area contributed by atoms with Crippen molar-refractivity contribution >= 4 is 17.7 Å². The molecule has 64 heavy (non-hydrogen) atoms. The Morgan fingerprint density at radius 3 is 1.48 bits per heavy atom. The van der Waals surface area contributed by atoms with Crippen LogP contribution in [0.25, 0.3) is 0 Å². The molecule has 16 N–H and O–H groups in total. The number of hydrogen-bond acceptors (Lipinski definition) is 25. The minimum atomic E-state index is -2.02. The minimum Gasteiger partial charge on any atom is -0.394 e. The Hall–Kier alpha value is -2.47. The molecule has 5 aliphatic rings. The van der Waals surface area contributed by atoms with E-state index in [0.29, 0.717) is 0 Å². The van der Waals surface area contributed by atoms with Crippen LogP contribution in [0.1, 0.15) is 27.7 Å². The predicted octanol–water partition coefficient (Wildman–Crippen LogP) is -10.5. The van der Waals surface area contributed by atoms with Gasteiger partial charge >= 0.3 is 0 Å². The van der Waals surface area contributed by atoms with Gasteiger partial charge in [0.1, 0.15) is 116 Å². The number of nitrogens with one attached hydrogen (secondary N) is 3. The molecule has 5 heterocycles. The first-order chi connectivity index (χ1) is 30.1. The zero-order chi connectivity index (χ0) is 47.5. The molecular formula is C36H61N3O25. The number of amides is 3. The van der Waals surface area contributed by atoms with E-state index in [2.05, 4.69) is 16.0 Å². The predicted molar refractivity (Wildman–Crippen MR) is 200 cm³/mol. The maximum atomic E-state index is 12.5. The van der Waals surface area contributed by atoms with E-state index in [0.717, 1.165) is 20.8 Å². The zero-order valence-corrected chi connectivity index (χ0v) is 35.0. The van der Waals surface area contributed by atoms with E-state index in [9.17, 15) is 80.8 Å². The van der Waals surface area contributed by atoms with E-state index in [-0.39, 0.29) is 0 Å². The Bertz CT molecular complexity index is 1540. The first-order valence-corrected chi connectivity index (χ1v) is 20.4. The lowest BCUT2D eigenvalue weighted by molar-refractivity contribution is -0.399. The third-order valence-electron chi connectivity index (χ3n) is 11.5. The maximum absolute atomic E-state index is 12.5. The molecule has 0 spiro atoms. The molecule has 0 aliphatic carbocycles. The van der Waals surface area contributed by atoms with Gasteiger partial charge in [0.05, 0.1) is 32.5 Å². The van der Waals surface area contributed by atoms with Gasteiger partial charge in [-0.2, -0.15) is 0 Å². The number of hydrogen-bond donors (Lipinski definition) is 16. The molecule has 0 aromatic rings. The molecule has 5 rings (SSSR count). The van der Waals surface area contributed by atoms with Gasteiger partial charge in [-0.1, -0.05) is 0 Å². The van der Waals surface area contributed by atoms with Crippen molar-refractivity contribution in [3.63, 3.8) is 0 Å². The monoisotopic (exact) mass is 935 g/mol. The summed E-state index contributed by atoms with van der Waals surface area (Å²) in [5.41, 5.74) is 0. The average molecular weight is 936 g/mol. The summed E-state index contributed by atoms with van der Waals surface area (Å²) in [5, 5.41) is 147. The Balaban J connectivity index is 1.46. The molecule has 28 nitrogen and oxygen atoms in total. The highest BCUT2D eigenvalue weighted by molar-refractivity contribution is 5.74. The highest BCUT2D eigenvalue weighted by Crippen LogP contribution is 2.36. The lowest BCUT2D eigenvalue weighted by atomic mass is 9.94. The fourth-order valence-corrected chi connectivity index (χ4v) is 8.06. The van der Waals surface area contributed by atoms with Gasteiger partial charge < -0.3 is 125 Å². The first kappa shape index (κ1) is 52.5. The van der Waals surface area contributed by atoms with Gasteiger partial charge in [-0.25, -0.2) is 0 Å². The fraction of sp³-hybridized carbons (Fsp3) is 0.917. The van der Waals surface area contributed by atoms with Crippen LogP contribution in [-0.2, 0) is 57.0 Å². The summed E-state index contributed by atoms with van der Waals surface area (Å²) < 4.78 is 52.6. The number of carbonyl (C=O) groups excluding carboxylic acids is 3. The van der Waals surface area contributed by atoms with Crippen molar-refractivity contribution in [1.82, 2.24) is 16.0 Å². The average Bonchev–Trinajstić information content (AvgIpc) is 3.24. The van der Waals surface area contributed by atoms with Crippen LogP contribution in [0.2, 0.25) is 0 Å². The van der Waals surface area contributed by atoms with Gasteiger partial charge in [-0.15, -0.1) is 0 Å². The van der Waals surface area contributed by atoms with E-state index >= 15 is 0 Å². The lowest BCUT2D eigenvalue weighted by Gasteiger charge is -2.51. The maximum Gasteiger partial charge on any atom is 0.217 e. The third-order valence-corrected chi connectivity index (χ3v) is 11.5. The Morgan fingerprint density at radius 1 is 0.438 bits per heavy atom. The van der Waals surface area contributed by atoms with Gasteiger partial charge in [-0.05, 0) is 6.92 Å². The van der Waals surface area contributed by atoms with E-state index in [1.165, 1.54) is 6.92 Å². The van der Waals surface area contributed by atoms with E-state index < -0.39 is 197 Å². The van der Waals surface area contributed by atoms with Crippen molar-refractivity contribution in [3.05, 3.63) is 0 Å². The number of aliphatic hydroxyl groups excluding tert-OH is 13. The lowest BCUT2D eigenvalue weighted by Crippen LogP contribution is -2.70. The molecule has 28 heteroatoms. The van der Waals surface area contributed by atoms with E-state index in [1.807, 2.05) is 0 Å². The van der Waals surface area contributed by atoms with Gasteiger partial charge in [0.2, 0.25) is 17.7 Å². The van der Waals surface area contributed by atoms with Crippen LogP contribution >= 0.6 is 0 Å². The van der Waals surface area contributed by atoms with E-state index in [1.54, 1.807) is 0 Å². The van der Waals surface area contributed by atoms with Crippen molar-refractivity contribution in [2.24, 2.45) is 0 Å². The second-order valence-electron chi connectivity index (χ2n) is 16.2. The molecule has 25 atom stereocenters. The van der Waals surface area contributed by atoms with Gasteiger partial charge in [0.15, 0.2) is 31.5 Å². The first-order valence-electron chi connectivity index (χ1n) is 20.4. The summed E-state index contributed by atoms with van der Waals surface area (Å²) in [7, 11) is 0. The normalized spacial score (nSPS) is 47.7. The van der Waals surface area contributed by atoms with Crippen LogP contribution in [0.5, 0.6) is 0 Å². The topological polar surface area (TPSA) is 433 Å². The Morgan fingerprint density at radius 2 is 0.906 bits per heavy atom. The Labute approximate surface area is 364 Å². The molecule has 0 unspecified atom stereocenters. The molecule has 0 aromatic heterocycles. The molecule has 5 aliphatic heterocycles. The summed E-state index contributed by atoms with van der Waals surface area (Å²) >= 11 is 0.